The zero-order valence-corrected chi connectivity index (χ0v) is 10.7. The van der Waals surface area contributed by atoms with Gasteiger partial charge < -0.3 is 15.2 Å². The van der Waals surface area contributed by atoms with Gasteiger partial charge in [-0.1, -0.05) is 0 Å². The van der Waals surface area contributed by atoms with Gasteiger partial charge in [0.25, 0.3) is 0 Å². The molecule has 0 amide bonds. The summed E-state index contributed by atoms with van der Waals surface area (Å²) >= 11 is 0. The molecule has 0 bridgehead atoms. The molecule has 0 aliphatic heterocycles. The van der Waals surface area contributed by atoms with Crippen molar-refractivity contribution in [3.05, 3.63) is 17.8 Å². The van der Waals surface area contributed by atoms with E-state index in [1.54, 1.807) is 7.11 Å². The van der Waals surface area contributed by atoms with E-state index in [4.69, 9.17) is 15.2 Å². The summed E-state index contributed by atoms with van der Waals surface area (Å²) in [4.78, 5) is 8.64. The Balaban J connectivity index is 2.05. The Morgan fingerprint density at radius 2 is 2.17 bits per heavy atom. The average molecular weight is 250 g/mol. The van der Waals surface area contributed by atoms with Crippen molar-refractivity contribution in [3.8, 4) is 0 Å². The Kier molecular flexibility index (Phi) is 4.11. The molecule has 6 nitrogen and oxygen atoms in total. The number of nitrogens with zero attached hydrogens (tertiary/aromatic N) is 3. The summed E-state index contributed by atoms with van der Waals surface area (Å²) in [6.07, 6.45) is 1.81. The van der Waals surface area contributed by atoms with E-state index in [2.05, 4.69) is 9.97 Å². The van der Waals surface area contributed by atoms with Crippen LogP contribution in [-0.2, 0) is 16.0 Å². The summed E-state index contributed by atoms with van der Waals surface area (Å²) in [5, 5.41) is 0. The topological polar surface area (TPSA) is 75.2 Å². The molecule has 98 valence electrons. The fourth-order valence-corrected chi connectivity index (χ4v) is 1.75. The molecule has 0 saturated carbocycles. The van der Waals surface area contributed by atoms with Gasteiger partial charge in [0, 0.05) is 13.3 Å². The molecular weight excluding hydrogens is 232 g/mol. The van der Waals surface area contributed by atoms with Crippen LogP contribution in [-0.4, -0.2) is 41.5 Å². The smallest absolute Gasteiger partial charge is 0.202 e. The van der Waals surface area contributed by atoms with E-state index in [0.29, 0.717) is 32.3 Å². The highest BCUT2D eigenvalue weighted by atomic mass is 16.5. The third-order valence-corrected chi connectivity index (χ3v) is 2.64. The predicted molar refractivity (Wildman–Crippen MR) is 69.4 cm³/mol. The van der Waals surface area contributed by atoms with Crippen LogP contribution in [0, 0.1) is 6.92 Å². The lowest BCUT2D eigenvalue weighted by Crippen LogP contribution is -2.11. The van der Waals surface area contributed by atoms with E-state index in [-0.39, 0.29) is 0 Å². The highest BCUT2D eigenvalue weighted by Crippen LogP contribution is 2.16. The van der Waals surface area contributed by atoms with Crippen LogP contribution in [0.3, 0.4) is 0 Å². The molecule has 0 aromatic carbocycles. The van der Waals surface area contributed by atoms with Crippen LogP contribution in [0.15, 0.2) is 12.3 Å². The molecule has 0 atom stereocenters. The normalized spacial score (nSPS) is 11.2. The standard InChI is InChI=1S/C12H18N4O2/c1-9-7-10-11(14-8-9)16(12(13)15-10)3-4-18-6-5-17-2/h7-8H,3-6H2,1-2H3,(H2,13,15). The van der Waals surface area contributed by atoms with Crippen LogP contribution < -0.4 is 5.73 Å². The molecule has 0 fully saturated rings. The number of aryl methyl sites for hydroxylation is 1. The minimum absolute atomic E-state index is 0.471. The lowest BCUT2D eigenvalue weighted by Gasteiger charge is -2.06. The first-order valence-corrected chi connectivity index (χ1v) is 5.87. The van der Waals surface area contributed by atoms with Gasteiger partial charge in [-0.3, -0.25) is 4.57 Å². The number of nitrogen functional groups attached to an aromatic ring is 1. The summed E-state index contributed by atoms with van der Waals surface area (Å²) in [6, 6.07) is 1.97. The number of pyridine rings is 1. The first-order valence-electron chi connectivity index (χ1n) is 5.87. The molecule has 0 aliphatic rings. The number of rotatable bonds is 6. The van der Waals surface area contributed by atoms with Gasteiger partial charge >= 0.3 is 0 Å². The van der Waals surface area contributed by atoms with Gasteiger partial charge in [-0.25, -0.2) is 9.97 Å². The fourth-order valence-electron chi connectivity index (χ4n) is 1.75. The lowest BCUT2D eigenvalue weighted by atomic mass is 10.3. The number of hydrogen-bond acceptors (Lipinski definition) is 5. The molecular formula is C12H18N4O2. The number of fused-ring (bicyclic) bond motifs is 1. The van der Waals surface area contributed by atoms with E-state index in [1.807, 2.05) is 23.8 Å². The molecule has 0 saturated heterocycles. The van der Waals surface area contributed by atoms with Gasteiger partial charge in [0.2, 0.25) is 5.95 Å². The monoisotopic (exact) mass is 250 g/mol. The number of nitrogens with two attached hydrogens (primary N) is 1. The van der Waals surface area contributed by atoms with Crippen LogP contribution in [0.1, 0.15) is 5.56 Å². The molecule has 0 unspecified atom stereocenters. The number of aromatic nitrogens is 3. The maximum atomic E-state index is 5.88. The second-order valence-corrected chi connectivity index (χ2v) is 4.08. The highest BCUT2D eigenvalue weighted by Gasteiger charge is 2.08. The van der Waals surface area contributed by atoms with Crippen LogP contribution in [0.2, 0.25) is 0 Å². The van der Waals surface area contributed by atoms with Gasteiger partial charge in [0.15, 0.2) is 5.65 Å². The van der Waals surface area contributed by atoms with E-state index in [0.717, 1.165) is 16.7 Å². The number of imidazole rings is 1. The first kappa shape index (κ1) is 12.8. The van der Waals surface area contributed by atoms with Crippen molar-refractivity contribution in [1.82, 2.24) is 14.5 Å². The Morgan fingerprint density at radius 3 is 2.94 bits per heavy atom. The Hall–Kier alpha value is -1.66. The summed E-state index contributed by atoms with van der Waals surface area (Å²) < 4.78 is 12.2. The molecule has 2 N–H and O–H groups in total. The van der Waals surface area contributed by atoms with Crippen molar-refractivity contribution in [2.24, 2.45) is 0 Å². The zero-order valence-electron chi connectivity index (χ0n) is 10.7. The second kappa shape index (κ2) is 5.79. The summed E-state index contributed by atoms with van der Waals surface area (Å²) in [5.41, 5.74) is 8.57. The molecule has 6 heteroatoms. The third-order valence-electron chi connectivity index (χ3n) is 2.64. The summed E-state index contributed by atoms with van der Waals surface area (Å²) in [5.74, 6) is 0.471. The van der Waals surface area contributed by atoms with E-state index >= 15 is 0 Å². The fraction of sp³-hybridized carbons (Fsp3) is 0.500. The first-order chi connectivity index (χ1) is 8.72. The van der Waals surface area contributed by atoms with Crippen molar-refractivity contribution in [2.75, 3.05) is 32.7 Å². The number of hydrogen-bond donors (Lipinski definition) is 1. The number of ether oxygens (including phenoxy) is 2. The minimum Gasteiger partial charge on any atom is -0.382 e. The quantitative estimate of drug-likeness (QED) is 0.774. The molecule has 0 aliphatic carbocycles. The van der Waals surface area contributed by atoms with Crippen molar-refractivity contribution in [2.45, 2.75) is 13.5 Å². The molecule has 2 rings (SSSR count). The Labute approximate surface area is 106 Å². The summed E-state index contributed by atoms with van der Waals surface area (Å²) in [7, 11) is 1.65. The molecule has 2 heterocycles. The van der Waals surface area contributed by atoms with E-state index in [1.165, 1.54) is 0 Å². The predicted octanol–water partition coefficient (Wildman–Crippen LogP) is 0.985. The minimum atomic E-state index is 0.471. The molecule has 18 heavy (non-hydrogen) atoms. The van der Waals surface area contributed by atoms with Gasteiger partial charge in [0.1, 0.15) is 5.52 Å². The van der Waals surface area contributed by atoms with Crippen LogP contribution in [0.5, 0.6) is 0 Å². The van der Waals surface area contributed by atoms with Gasteiger partial charge in [-0.2, -0.15) is 0 Å². The van der Waals surface area contributed by atoms with Crippen LogP contribution in [0.4, 0.5) is 5.95 Å². The van der Waals surface area contributed by atoms with Crippen molar-refractivity contribution >= 4 is 17.1 Å². The maximum absolute atomic E-state index is 5.88. The number of anilines is 1. The largest absolute Gasteiger partial charge is 0.382 e. The number of methoxy groups -OCH3 is 1. The van der Waals surface area contributed by atoms with Gasteiger partial charge in [0.05, 0.1) is 26.4 Å². The average Bonchev–Trinajstić information content (AvgIpc) is 2.64. The Morgan fingerprint density at radius 1 is 1.33 bits per heavy atom. The molecule has 0 spiro atoms. The lowest BCUT2D eigenvalue weighted by molar-refractivity contribution is 0.0671. The van der Waals surface area contributed by atoms with E-state index in [9.17, 15) is 0 Å². The Bertz CT molecular complexity index is 524. The maximum Gasteiger partial charge on any atom is 0.202 e. The van der Waals surface area contributed by atoms with Crippen LogP contribution >= 0.6 is 0 Å². The van der Waals surface area contributed by atoms with Gasteiger partial charge in [-0.15, -0.1) is 0 Å². The molecule has 0 radical (unpaired) electrons. The zero-order chi connectivity index (χ0) is 13.0. The van der Waals surface area contributed by atoms with Crippen molar-refractivity contribution < 1.29 is 9.47 Å². The molecule has 2 aromatic heterocycles. The van der Waals surface area contributed by atoms with E-state index < -0.39 is 0 Å². The SMILES string of the molecule is COCCOCCn1c(N)nc2cc(C)cnc21. The van der Waals surface area contributed by atoms with Crippen molar-refractivity contribution in [1.29, 1.82) is 0 Å². The van der Waals surface area contributed by atoms with Gasteiger partial charge in [-0.05, 0) is 18.6 Å². The third kappa shape index (κ3) is 2.77. The van der Waals surface area contributed by atoms with Crippen LogP contribution in [0.25, 0.3) is 11.2 Å². The second-order valence-electron chi connectivity index (χ2n) is 4.08. The molecule has 2 aromatic rings. The summed E-state index contributed by atoms with van der Waals surface area (Å²) in [6.45, 7) is 4.36. The highest BCUT2D eigenvalue weighted by molar-refractivity contribution is 5.74. The van der Waals surface area contributed by atoms with Crippen molar-refractivity contribution in [3.63, 3.8) is 0 Å².